The van der Waals surface area contributed by atoms with Gasteiger partial charge in [0, 0.05) is 19.0 Å². The summed E-state index contributed by atoms with van der Waals surface area (Å²) in [6.07, 6.45) is 0.547. The average Bonchev–Trinajstić information content (AvgIpc) is 2.34. The van der Waals surface area contributed by atoms with Gasteiger partial charge < -0.3 is 15.2 Å². The van der Waals surface area contributed by atoms with Crippen molar-refractivity contribution in [2.45, 2.75) is 39.8 Å². The van der Waals surface area contributed by atoms with Crippen molar-refractivity contribution in [3.63, 3.8) is 0 Å². The molecule has 0 bridgehead atoms. The highest BCUT2D eigenvalue weighted by Gasteiger charge is 2.18. The third-order valence-corrected chi connectivity index (χ3v) is 2.77. The Morgan fingerprint density at radius 1 is 1.30 bits per heavy atom. The third kappa shape index (κ3) is 5.40. The molecule has 20 heavy (non-hydrogen) atoms. The van der Waals surface area contributed by atoms with Crippen molar-refractivity contribution in [2.24, 2.45) is 5.92 Å². The second-order valence-corrected chi connectivity index (χ2v) is 5.10. The van der Waals surface area contributed by atoms with Gasteiger partial charge in [-0.3, -0.25) is 9.59 Å². The molecule has 0 aliphatic rings. The third-order valence-electron chi connectivity index (χ3n) is 2.77. The first-order valence-corrected chi connectivity index (χ1v) is 6.62. The summed E-state index contributed by atoms with van der Waals surface area (Å²) in [4.78, 5) is 22.2. The molecular weight excluding hydrogens is 258 g/mol. The number of benzene rings is 1. The number of nitrogens with one attached hydrogen (secondary N) is 1. The van der Waals surface area contributed by atoms with Crippen LogP contribution in [-0.4, -0.2) is 23.1 Å². The molecule has 0 saturated carbocycles. The highest BCUT2D eigenvalue weighted by atomic mass is 16.5. The van der Waals surface area contributed by atoms with E-state index < -0.39 is 18.0 Å². The summed E-state index contributed by atoms with van der Waals surface area (Å²) in [5, 5.41) is 12.2. The fraction of sp³-hybridized carbons (Fsp3) is 0.467. The molecule has 0 aromatic heterocycles. The van der Waals surface area contributed by atoms with Crippen molar-refractivity contribution in [3.05, 3.63) is 29.8 Å². The summed E-state index contributed by atoms with van der Waals surface area (Å²) in [5.74, 6) is -0.522. The Balaban J connectivity index is 2.72. The van der Waals surface area contributed by atoms with E-state index in [0.29, 0.717) is 18.7 Å². The summed E-state index contributed by atoms with van der Waals surface area (Å²) >= 11 is 0. The molecule has 0 spiro atoms. The van der Waals surface area contributed by atoms with Gasteiger partial charge in [0.15, 0.2) is 0 Å². The lowest BCUT2D eigenvalue weighted by atomic mass is 10.0. The van der Waals surface area contributed by atoms with E-state index >= 15 is 0 Å². The normalized spacial score (nSPS) is 12.2. The number of carboxylic acid groups (broad SMARTS) is 1. The van der Waals surface area contributed by atoms with Gasteiger partial charge in [0.1, 0.15) is 11.8 Å². The smallest absolute Gasteiger partial charge is 0.320 e. The zero-order valence-corrected chi connectivity index (χ0v) is 12.1. The first-order valence-electron chi connectivity index (χ1n) is 6.62. The summed E-state index contributed by atoms with van der Waals surface area (Å²) in [5.41, 5.74) is 0.762. The van der Waals surface area contributed by atoms with E-state index in [1.165, 1.54) is 6.92 Å². The average molecular weight is 279 g/mol. The van der Waals surface area contributed by atoms with Crippen molar-refractivity contribution in [2.75, 3.05) is 0 Å². The second-order valence-electron chi connectivity index (χ2n) is 5.10. The second kappa shape index (κ2) is 7.65. The highest BCUT2D eigenvalue weighted by molar-refractivity contribution is 5.73. The zero-order chi connectivity index (χ0) is 15.1. The fourth-order valence-corrected chi connectivity index (χ4v) is 1.88. The predicted octanol–water partition coefficient (Wildman–Crippen LogP) is 2.20. The maximum absolute atomic E-state index is 11.2. The molecule has 0 saturated heterocycles. The number of rotatable bonds is 7. The van der Waals surface area contributed by atoms with Crippen LogP contribution in [0.2, 0.25) is 0 Å². The maximum atomic E-state index is 11.2. The highest BCUT2D eigenvalue weighted by Crippen LogP contribution is 2.18. The molecule has 5 nitrogen and oxygen atoms in total. The summed E-state index contributed by atoms with van der Waals surface area (Å²) in [6, 6.07) is 6.48. The maximum Gasteiger partial charge on any atom is 0.320 e. The number of para-hydroxylation sites is 1. The number of carbonyl (C=O) groups excluding carboxylic acids is 1. The molecule has 1 aromatic rings. The van der Waals surface area contributed by atoms with Gasteiger partial charge >= 0.3 is 11.9 Å². The molecule has 1 rings (SSSR count). The monoisotopic (exact) mass is 279 g/mol. The van der Waals surface area contributed by atoms with Crippen LogP contribution in [0.15, 0.2) is 24.3 Å². The quantitative estimate of drug-likeness (QED) is 0.591. The van der Waals surface area contributed by atoms with Crippen LogP contribution in [0.4, 0.5) is 0 Å². The number of hydrogen-bond donors (Lipinski definition) is 2. The van der Waals surface area contributed by atoms with Crippen molar-refractivity contribution >= 4 is 11.9 Å². The standard InChI is InChI=1S/C15H21NO4/c1-10(2)8-13(15(18)19)16-9-12-6-4-5-7-14(12)20-11(3)17/h4-7,10,13,16H,8-9H2,1-3H3,(H,18,19)/t13-/m0/s1. The fourth-order valence-electron chi connectivity index (χ4n) is 1.88. The van der Waals surface area contributed by atoms with Crippen LogP contribution in [0.3, 0.4) is 0 Å². The molecule has 0 aliphatic carbocycles. The van der Waals surface area contributed by atoms with E-state index in [4.69, 9.17) is 9.84 Å². The van der Waals surface area contributed by atoms with Gasteiger partial charge in [-0.1, -0.05) is 32.0 Å². The lowest BCUT2D eigenvalue weighted by Crippen LogP contribution is -2.37. The Morgan fingerprint density at radius 2 is 1.95 bits per heavy atom. The van der Waals surface area contributed by atoms with E-state index in [2.05, 4.69) is 5.32 Å². The van der Waals surface area contributed by atoms with Crippen molar-refractivity contribution < 1.29 is 19.4 Å². The lowest BCUT2D eigenvalue weighted by Gasteiger charge is -2.17. The first kappa shape index (κ1) is 16.2. The number of carboxylic acids is 1. The molecule has 5 heteroatoms. The predicted molar refractivity (Wildman–Crippen MR) is 75.5 cm³/mol. The molecule has 0 fully saturated rings. The van der Waals surface area contributed by atoms with Crippen LogP contribution < -0.4 is 10.1 Å². The minimum absolute atomic E-state index is 0.285. The Kier molecular flexibility index (Phi) is 6.18. The van der Waals surface area contributed by atoms with Gasteiger partial charge in [-0.05, 0) is 18.4 Å². The summed E-state index contributed by atoms with van der Waals surface area (Å²) < 4.78 is 5.09. The van der Waals surface area contributed by atoms with Crippen LogP contribution >= 0.6 is 0 Å². The molecule has 0 unspecified atom stereocenters. The van der Waals surface area contributed by atoms with Crippen LogP contribution in [0.5, 0.6) is 5.75 Å². The van der Waals surface area contributed by atoms with Gasteiger partial charge in [0.05, 0.1) is 0 Å². The number of esters is 1. The number of aliphatic carboxylic acids is 1. The van der Waals surface area contributed by atoms with E-state index in [1.54, 1.807) is 18.2 Å². The van der Waals surface area contributed by atoms with E-state index in [-0.39, 0.29) is 5.92 Å². The zero-order valence-electron chi connectivity index (χ0n) is 12.1. The first-order chi connectivity index (χ1) is 9.40. The molecule has 0 aliphatic heterocycles. The molecule has 0 heterocycles. The summed E-state index contributed by atoms with van der Waals surface area (Å²) in [6.45, 7) is 5.63. The molecule has 2 N–H and O–H groups in total. The molecule has 110 valence electrons. The van der Waals surface area contributed by atoms with E-state index in [9.17, 15) is 9.59 Å². The van der Waals surface area contributed by atoms with Crippen LogP contribution in [0.1, 0.15) is 32.8 Å². The topological polar surface area (TPSA) is 75.6 Å². The number of ether oxygens (including phenoxy) is 1. The minimum atomic E-state index is -0.872. The Labute approximate surface area is 118 Å². The van der Waals surface area contributed by atoms with E-state index in [0.717, 1.165) is 5.56 Å². The van der Waals surface area contributed by atoms with Gasteiger partial charge in [-0.25, -0.2) is 0 Å². The van der Waals surface area contributed by atoms with Gasteiger partial charge in [-0.2, -0.15) is 0 Å². The molecule has 1 atom stereocenters. The molecule has 1 aromatic carbocycles. The Morgan fingerprint density at radius 3 is 2.50 bits per heavy atom. The lowest BCUT2D eigenvalue weighted by molar-refractivity contribution is -0.140. The van der Waals surface area contributed by atoms with Gasteiger partial charge in [-0.15, -0.1) is 0 Å². The van der Waals surface area contributed by atoms with Crippen molar-refractivity contribution in [1.82, 2.24) is 5.32 Å². The molecular formula is C15H21NO4. The SMILES string of the molecule is CC(=O)Oc1ccccc1CN[C@@H](CC(C)C)C(=O)O. The molecule has 0 radical (unpaired) electrons. The van der Waals surface area contributed by atoms with Gasteiger partial charge in [0.25, 0.3) is 0 Å². The largest absolute Gasteiger partial charge is 0.480 e. The van der Waals surface area contributed by atoms with Crippen LogP contribution in [-0.2, 0) is 16.1 Å². The summed E-state index contributed by atoms with van der Waals surface area (Å²) in [7, 11) is 0. The van der Waals surface area contributed by atoms with Crippen LogP contribution in [0.25, 0.3) is 0 Å². The van der Waals surface area contributed by atoms with Gasteiger partial charge in [0.2, 0.25) is 0 Å². The number of hydrogen-bond acceptors (Lipinski definition) is 4. The molecule has 0 amide bonds. The Bertz CT molecular complexity index is 471. The van der Waals surface area contributed by atoms with E-state index in [1.807, 2.05) is 19.9 Å². The minimum Gasteiger partial charge on any atom is -0.480 e. The Hall–Kier alpha value is -1.88. The van der Waals surface area contributed by atoms with Crippen LogP contribution in [0, 0.1) is 5.92 Å². The van der Waals surface area contributed by atoms with Crippen molar-refractivity contribution in [3.8, 4) is 5.75 Å². The van der Waals surface area contributed by atoms with Crippen molar-refractivity contribution in [1.29, 1.82) is 0 Å². The number of carbonyl (C=O) groups is 2.